The summed E-state index contributed by atoms with van der Waals surface area (Å²) in [4.78, 5) is 13.9. The number of carbonyl (C=O) groups is 1. The first kappa shape index (κ1) is 15.8. The van der Waals surface area contributed by atoms with Crippen LogP contribution in [0.25, 0.3) is 6.08 Å². The van der Waals surface area contributed by atoms with Gasteiger partial charge in [0.25, 0.3) is 0 Å². The Hall–Kier alpha value is -2.67. The van der Waals surface area contributed by atoms with Crippen LogP contribution in [0.4, 0.5) is 0 Å². The Bertz CT molecular complexity index is 814. The van der Waals surface area contributed by atoms with E-state index in [9.17, 15) is 4.79 Å². The maximum atomic E-state index is 11.5. The fraction of sp³-hybridized carbons (Fsp3) is 0.389. The van der Waals surface area contributed by atoms with Crippen molar-refractivity contribution in [3.05, 3.63) is 47.3 Å². The van der Waals surface area contributed by atoms with Crippen LogP contribution in [0.15, 0.2) is 36.0 Å². The van der Waals surface area contributed by atoms with Crippen LogP contribution in [-0.2, 0) is 4.74 Å². The van der Waals surface area contributed by atoms with Gasteiger partial charge in [-0.25, -0.2) is 9.48 Å². The lowest BCUT2D eigenvalue weighted by molar-refractivity contribution is 0.0594. The number of para-hydroxylation sites is 1. The van der Waals surface area contributed by atoms with E-state index in [-0.39, 0.29) is 11.7 Å². The largest absolute Gasteiger partial charge is 0.489 e. The molecule has 7 heteroatoms. The van der Waals surface area contributed by atoms with E-state index < -0.39 is 5.97 Å². The van der Waals surface area contributed by atoms with Crippen molar-refractivity contribution in [2.45, 2.75) is 12.5 Å². The molecular formula is C18H20N4O3. The zero-order chi connectivity index (χ0) is 17.2. The van der Waals surface area contributed by atoms with Gasteiger partial charge in [0.2, 0.25) is 0 Å². The summed E-state index contributed by atoms with van der Waals surface area (Å²) in [5.41, 5.74) is 2.66. The molecule has 3 heterocycles. The molecule has 1 fully saturated rings. The van der Waals surface area contributed by atoms with Crippen LogP contribution in [-0.4, -0.2) is 59.2 Å². The van der Waals surface area contributed by atoms with Crippen LogP contribution in [0, 0.1) is 0 Å². The number of nitrogens with zero attached hydrogens (tertiary/aromatic N) is 4. The van der Waals surface area contributed by atoms with E-state index in [2.05, 4.69) is 32.1 Å². The van der Waals surface area contributed by atoms with E-state index in [0.29, 0.717) is 6.61 Å². The van der Waals surface area contributed by atoms with Crippen molar-refractivity contribution in [2.75, 3.05) is 33.4 Å². The summed E-state index contributed by atoms with van der Waals surface area (Å²) < 4.78 is 12.3. The van der Waals surface area contributed by atoms with Crippen LogP contribution < -0.4 is 4.74 Å². The molecule has 1 atom stereocenters. The Balaban J connectivity index is 1.39. The zero-order valence-corrected chi connectivity index (χ0v) is 14.1. The molecule has 2 aliphatic heterocycles. The van der Waals surface area contributed by atoms with Crippen molar-refractivity contribution in [1.29, 1.82) is 0 Å². The predicted molar refractivity (Wildman–Crippen MR) is 91.4 cm³/mol. The second kappa shape index (κ2) is 6.68. The molecule has 0 aliphatic carbocycles. The summed E-state index contributed by atoms with van der Waals surface area (Å²) in [6.07, 6.45) is 4.87. The number of fused-ring (bicyclic) bond motifs is 1. The van der Waals surface area contributed by atoms with E-state index in [4.69, 9.17) is 4.74 Å². The third-order valence-electron chi connectivity index (χ3n) is 4.64. The fourth-order valence-electron chi connectivity index (χ4n) is 3.37. The summed E-state index contributed by atoms with van der Waals surface area (Å²) in [6.45, 7) is 3.37. The second-order valence-corrected chi connectivity index (χ2v) is 6.38. The van der Waals surface area contributed by atoms with Gasteiger partial charge in [0.1, 0.15) is 12.4 Å². The van der Waals surface area contributed by atoms with Gasteiger partial charge in [0.05, 0.1) is 19.3 Å². The van der Waals surface area contributed by atoms with E-state index in [1.165, 1.54) is 12.7 Å². The van der Waals surface area contributed by atoms with Crippen LogP contribution in [0.2, 0.25) is 0 Å². The molecule has 4 rings (SSSR count). The maximum absolute atomic E-state index is 11.5. The number of aromatic nitrogens is 3. The monoisotopic (exact) mass is 340 g/mol. The van der Waals surface area contributed by atoms with Gasteiger partial charge in [-0.1, -0.05) is 23.4 Å². The number of ether oxygens (including phenoxy) is 2. The molecule has 2 aliphatic rings. The van der Waals surface area contributed by atoms with Gasteiger partial charge >= 0.3 is 5.97 Å². The molecule has 0 bridgehead atoms. The topological polar surface area (TPSA) is 69.5 Å². The molecule has 0 saturated carbocycles. The lowest BCUT2D eigenvalue weighted by Gasteiger charge is -2.22. The van der Waals surface area contributed by atoms with Gasteiger partial charge < -0.3 is 9.47 Å². The lowest BCUT2D eigenvalue weighted by atomic mass is 10.1. The SMILES string of the molecule is COC(=O)c1cn([C@@H]2CCN(CC3=Cc4ccccc4OC3)C2)nn1. The van der Waals surface area contributed by atoms with Gasteiger partial charge in [-0.05, 0) is 24.1 Å². The van der Waals surface area contributed by atoms with Crippen LogP contribution in [0.3, 0.4) is 0 Å². The molecular weight excluding hydrogens is 320 g/mol. The average Bonchev–Trinajstić information content (AvgIpc) is 3.30. The summed E-state index contributed by atoms with van der Waals surface area (Å²) in [6, 6.07) is 8.31. The van der Waals surface area contributed by atoms with Crippen molar-refractivity contribution < 1.29 is 14.3 Å². The van der Waals surface area contributed by atoms with Gasteiger partial charge in [0.15, 0.2) is 5.69 Å². The number of hydrogen-bond acceptors (Lipinski definition) is 6. The number of likely N-dealkylation sites (tertiary alicyclic amines) is 1. The fourth-order valence-corrected chi connectivity index (χ4v) is 3.37. The van der Waals surface area contributed by atoms with Crippen LogP contribution in [0.5, 0.6) is 5.75 Å². The minimum atomic E-state index is -0.454. The van der Waals surface area contributed by atoms with Crippen molar-refractivity contribution in [2.24, 2.45) is 0 Å². The van der Waals surface area contributed by atoms with Crippen molar-refractivity contribution in [1.82, 2.24) is 19.9 Å². The molecule has 1 saturated heterocycles. The van der Waals surface area contributed by atoms with E-state index >= 15 is 0 Å². The Morgan fingerprint density at radius 2 is 2.28 bits per heavy atom. The summed E-state index contributed by atoms with van der Waals surface area (Å²) in [5.74, 6) is 0.493. The first-order valence-corrected chi connectivity index (χ1v) is 8.36. The van der Waals surface area contributed by atoms with Gasteiger partial charge in [-0.15, -0.1) is 5.10 Å². The van der Waals surface area contributed by atoms with Crippen molar-refractivity contribution in [3.8, 4) is 5.75 Å². The number of carbonyl (C=O) groups excluding carboxylic acids is 1. The number of hydrogen-bond donors (Lipinski definition) is 0. The summed E-state index contributed by atoms with van der Waals surface area (Å²) in [7, 11) is 1.34. The molecule has 0 amide bonds. The molecule has 1 aromatic carbocycles. The van der Waals surface area contributed by atoms with Crippen LogP contribution in [0.1, 0.15) is 28.5 Å². The molecule has 7 nitrogen and oxygen atoms in total. The third kappa shape index (κ3) is 3.28. The van der Waals surface area contributed by atoms with Gasteiger partial charge in [0, 0.05) is 25.2 Å². The molecule has 1 aromatic heterocycles. The first-order chi connectivity index (χ1) is 12.2. The normalized spacial score (nSPS) is 19.9. The third-order valence-corrected chi connectivity index (χ3v) is 4.64. The zero-order valence-electron chi connectivity index (χ0n) is 14.1. The van der Waals surface area contributed by atoms with E-state index in [0.717, 1.165) is 37.4 Å². The number of rotatable bonds is 4. The molecule has 0 spiro atoms. The number of methoxy groups -OCH3 is 1. The average molecular weight is 340 g/mol. The summed E-state index contributed by atoms with van der Waals surface area (Å²) >= 11 is 0. The predicted octanol–water partition coefficient (Wildman–Crippen LogP) is 1.79. The molecule has 130 valence electrons. The molecule has 2 aromatic rings. The highest BCUT2D eigenvalue weighted by Crippen LogP contribution is 2.27. The molecule has 0 radical (unpaired) electrons. The first-order valence-electron chi connectivity index (χ1n) is 8.36. The highest BCUT2D eigenvalue weighted by atomic mass is 16.5. The highest BCUT2D eigenvalue weighted by molar-refractivity contribution is 5.86. The highest BCUT2D eigenvalue weighted by Gasteiger charge is 2.27. The minimum Gasteiger partial charge on any atom is -0.489 e. The number of esters is 1. The Kier molecular flexibility index (Phi) is 4.23. The van der Waals surface area contributed by atoms with Crippen molar-refractivity contribution in [3.63, 3.8) is 0 Å². The lowest BCUT2D eigenvalue weighted by Crippen LogP contribution is -2.26. The minimum absolute atomic E-state index is 0.225. The van der Waals surface area contributed by atoms with Gasteiger partial charge in [-0.2, -0.15) is 0 Å². The van der Waals surface area contributed by atoms with Crippen molar-refractivity contribution >= 4 is 12.0 Å². The quantitative estimate of drug-likeness (QED) is 0.791. The smallest absolute Gasteiger partial charge is 0.360 e. The van der Waals surface area contributed by atoms with Crippen LogP contribution >= 0.6 is 0 Å². The van der Waals surface area contributed by atoms with Gasteiger partial charge in [-0.3, -0.25) is 4.90 Å². The van der Waals surface area contributed by atoms with E-state index in [1.807, 2.05) is 18.2 Å². The Labute approximate surface area is 145 Å². The standard InChI is InChI=1S/C18H20N4O3/c1-24-18(23)16-11-22(20-19-16)15-6-7-21(10-15)9-13-8-14-4-2-3-5-17(14)25-12-13/h2-5,8,11,15H,6-7,9-10,12H2,1H3/t15-/m1/s1. The molecule has 0 N–H and O–H groups in total. The Morgan fingerprint density at radius 3 is 3.16 bits per heavy atom. The Morgan fingerprint density at radius 1 is 1.40 bits per heavy atom. The molecule has 25 heavy (non-hydrogen) atoms. The second-order valence-electron chi connectivity index (χ2n) is 6.38. The molecule has 0 unspecified atom stereocenters. The maximum Gasteiger partial charge on any atom is 0.360 e. The summed E-state index contributed by atoms with van der Waals surface area (Å²) in [5, 5.41) is 7.96. The number of benzene rings is 1. The van der Waals surface area contributed by atoms with E-state index in [1.54, 1.807) is 10.9 Å².